The Bertz CT molecular complexity index is 804. The number of rotatable bonds is 7. The normalized spacial score (nSPS) is 21.7. The minimum Gasteiger partial charge on any atom is -0.548 e. The topological polar surface area (TPSA) is 82.4 Å². The van der Waals surface area contributed by atoms with Gasteiger partial charge in [0.15, 0.2) is 5.76 Å². The molecule has 8 heteroatoms. The van der Waals surface area contributed by atoms with Crippen molar-refractivity contribution < 1.29 is 28.2 Å². The van der Waals surface area contributed by atoms with Crippen LogP contribution in [0.5, 0.6) is 5.75 Å². The highest BCUT2D eigenvalue weighted by Gasteiger charge is 2.48. The molecule has 1 aliphatic carbocycles. The van der Waals surface area contributed by atoms with Gasteiger partial charge in [-0.15, -0.1) is 0 Å². The highest BCUT2D eigenvalue weighted by molar-refractivity contribution is 9.10. The number of aliphatic carboxylic acids is 1. The van der Waals surface area contributed by atoms with E-state index in [1.54, 1.807) is 44.2 Å². The first-order valence-electron chi connectivity index (χ1n) is 8.08. The molecule has 0 aliphatic heterocycles. The van der Waals surface area contributed by atoms with Crippen molar-refractivity contribution in [2.45, 2.75) is 31.4 Å². The molecule has 0 saturated carbocycles. The molecule has 0 bridgehead atoms. The van der Waals surface area contributed by atoms with Gasteiger partial charge in [-0.25, -0.2) is 0 Å². The fraction of sp³-hybridized carbons (Fsp3) is 0.368. The summed E-state index contributed by atoms with van der Waals surface area (Å²) < 4.78 is 34.4. The molecule has 0 aromatic heterocycles. The van der Waals surface area contributed by atoms with Crippen LogP contribution in [0.15, 0.2) is 53.8 Å². The number of halogens is 3. The van der Waals surface area contributed by atoms with Crippen molar-refractivity contribution >= 4 is 21.9 Å². The Kier molecular flexibility index (Phi) is 6.26. The molecule has 0 spiro atoms. The third-order valence-corrected chi connectivity index (χ3v) is 5.16. The fourth-order valence-electron chi connectivity index (χ4n) is 2.93. The molecule has 5 nitrogen and oxygen atoms in total. The molecular weight excluding hydrogens is 424 g/mol. The second-order valence-corrected chi connectivity index (χ2v) is 7.56. The summed E-state index contributed by atoms with van der Waals surface area (Å²) in [6, 6.07) is 10.2. The van der Waals surface area contributed by atoms with Crippen LogP contribution in [0.25, 0.3) is 0 Å². The van der Waals surface area contributed by atoms with Crippen LogP contribution in [0.2, 0.25) is 0 Å². The van der Waals surface area contributed by atoms with Crippen molar-refractivity contribution in [1.29, 1.82) is 5.26 Å². The summed E-state index contributed by atoms with van der Waals surface area (Å²) in [6.45, 7) is 0.0419. The van der Waals surface area contributed by atoms with Crippen LogP contribution in [0.4, 0.5) is 8.78 Å². The van der Waals surface area contributed by atoms with Gasteiger partial charge in [0.2, 0.25) is 4.51 Å². The number of para-hydroxylation sites is 1. The predicted molar refractivity (Wildman–Crippen MR) is 94.5 cm³/mol. The summed E-state index contributed by atoms with van der Waals surface area (Å²) in [5.74, 6) is -2.08. The van der Waals surface area contributed by atoms with Crippen molar-refractivity contribution in [3.05, 3.63) is 53.8 Å². The molecule has 0 fully saturated rings. The Morgan fingerprint density at radius 2 is 1.96 bits per heavy atom. The van der Waals surface area contributed by atoms with Crippen molar-refractivity contribution in [3.8, 4) is 11.8 Å². The van der Waals surface area contributed by atoms with Gasteiger partial charge >= 0.3 is 6.61 Å². The quantitative estimate of drug-likeness (QED) is 0.605. The van der Waals surface area contributed by atoms with Gasteiger partial charge in [-0.3, -0.25) is 0 Å². The van der Waals surface area contributed by atoms with Gasteiger partial charge < -0.3 is 19.4 Å². The van der Waals surface area contributed by atoms with E-state index in [2.05, 4.69) is 20.7 Å². The zero-order chi connectivity index (χ0) is 20.2. The maximum Gasteiger partial charge on any atom is 0.387 e. The number of carbonyl (C=O) groups is 1. The van der Waals surface area contributed by atoms with Gasteiger partial charge in [0, 0.05) is 6.42 Å². The lowest BCUT2D eigenvalue weighted by Crippen LogP contribution is -2.49. The number of nitriles is 1. The standard InChI is InChI=1S/C19H18BrF2NO4/c1-12(2)18(11-23,16(24)25)13-8-9-15(26-17(21)22)19(20,10-13)27-14-6-4-3-5-7-14/h3-9,12,17H,10H2,1-2H3,(H,24,25)/p-1. The summed E-state index contributed by atoms with van der Waals surface area (Å²) in [7, 11) is 0. The highest BCUT2D eigenvalue weighted by atomic mass is 79.9. The number of nitrogens with zero attached hydrogens (tertiary/aromatic N) is 1. The number of benzene rings is 1. The Hall–Kier alpha value is -2.40. The fourth-order valence-corrected chi connectivity index (χ4v) is 3.65. The smallest absolute Gasteiger partial charge is 0.387 e. The van der Waals surface area contributed by atoms with E-state index in [-0.39, 0.29) is 17.8 Å². The van der Waals surface area contributed by atoms with Gasteiger partial charge in [-0.1, -0.05) is 38.1 Å². The Morgan fingerprint density at radius 1 is 1.33 bits per heavy atom. The molecule has 0 radical (unpaired) electrons. The van der Waals surface area contributed by atoms with Crippen LogP contribution in [0, 0.1) is 22.7 Å². The summed E-state index contributed by atoms with van der Waals surface area (Å²) in [5, 5.41) is 21.4. The SMILES string of the molecule is CC(C)C(C#N)(C(=O)[O-])C1=CC=C(OC(F)F)C(Br)(Oc2ccccc2)C1. The zero-order valence-corrected chi connectivity index (χ0v) is 16.2. The Morgan fingerprint density at radius 3 is 2.44 bits per heavy atom. The minimum atomic E-state index is -3.10. The van der Waals surface area contributed by atoms with Crippen LogP contribution >= 0.6 is 15.9 Å². The average Bonchev–Trinajstić information content (AvgIpc) is 2.58. The van der Waals surface area contributed by atoms with Crippen LogP contribution in [0.1, 0.15) is 20.3 Å². The van der Waals surface area contributed by atoms with Crippen LogP contribution in [0.3, 0.4) is 0 Å². The number of ether oxygens (including phenoxy) is 2. The lowest BCUT2D eigenvalue weighted by atomic mass is 9.69. The first-order valence-corrected chi connectivity index (χ1v) is 8.87. The lowest BCUT2D eigenvalue weighted by molar-refractivity contribution is -0.316. The number of alkyl halides is 3. The zero-order valence-electron chi connectivity index (χ0n) is 14.6. The maximum atomic E-state index is 12.8. The summed E-state index contributed by atoms with van der Waals surface area (Å²) in [5.41, 5.74) is -1.78. The van der Waals surface area contributed by atoms with Crippen LogP contribution in [-0.4, -0.2) is 17.1 Å². The average molecular weight is 441 g/mol. The van der Waals surface area contributed by atoms with Gasteiger partial charge in [-0.2, -0.15) is 14.0 Å². The lowest BCUT2D eigenvalue weighted by Gasteiger charge is -2.40. The number of hydrogen-bond donors (Lipinski definition) is 0. The third-order valence-electron chi connectivity index (χ3n) is 4.33. The van der Waals surface area contributed by atoms with Crippen LogP contribution in [-0.2, 0) is 9.53 Å². The molecule has 1 aromatic carbocycles. The van der Waals surface area contributed by atoms with Crippen molar-refractivity contribution in [2.75, 3.05) is 0 Å². The van der Waals surface area contributed by atoms with Crippen LogP contribution < -0.4 is 9.84 Å². The largest absolute Gasteiger partial charge is 0.548 e. The van der Waals surface area contributed by atoms with Gasteiger partial charge in [0.05, 0.1) is 12.0 Å². The van der Waals surface area contributed by atoms with Crippen molar-refractivity contribution in [3.63, 3.8) is 0 Å². The minimum absolute atomic E-state index is 0.162. The van der Waals surface area contributed by atoms with E-state index < -0.39 is 28.4 Å². The number of allylic oxidation sites excluding steroid dienone is 2. The van der Waals surface area contributed by atoms with E-state index in [1.165, 1.54) is 12.2 Å². The molecule has 0 heterocycles. The second-order valence-electron chi connectivity index (χ2n) is 6.28. The van der Waals surface area contributed by atoms with E-state index in [9.17, 15) is 23.9 Å². The predicted octanol–water partition coefficient (Wildman–Crippen LogP) is 3.53. The highest BCUT2D eigenvalue weighted by Crippen LogP contribution is 2.47. The molecule has 1 aromatic rings. The summed E-state index contributed by atoms with van der Waals surface area (Å²) in [4.78, 5) is 11.8. The first kappa shape index (κ1) is 20.9. The third kappa shape index (κ3) is 4.14. The van der Waals surface area contributed by atoms with E-state index in [0.717, 1.165) is 0 Å². The maximum absolute atomic E-state index is 12.8. The van der Waals surface area contributed by atoms with Gasteiger partial charge in [0.1, 0.15) is 11.2 Å². The van der Waals surface area contributed by atoms with E-state index in [1.807, 2.05) is 6.07 Å². The molecule has 0 N–H and O–H groups in total. The van der Waals surface area contributed by atoms with E-state index >= 15 is 0 Å². The molecule has 0 saturated heterocycles. The summed E-state index contributed by atoms with van der Waals surface area (Å²) >= 11 is 3.28. The molecule has 0 amide bonds. The van der Waals surface area contributed by atoms with E-state index in [0.29, 0.717) is 5.75 Å². The Balaban J connectivity index is 2.52. The number of carboxylic acids is 1. The molecule has 144 valence electrons. The van der Waals surface area contributed by atoms with Crippen molar-refractivity contribution in [1.82, 2.24) is 0 Å². The molecular formula is C19H17BrF2NO4-. The number of carboxylic acid groups (broad SMARTS) is 1. The molecule has 2 atom stereocenters. The molecule has 1 aliphatic rings. The molecule has 2 rings (SSSR count). The van der Waals surface area contributed by atoms with Crippen molar-refractivity contribution in [2.24, 2.45) is 11.3 Å². The Labute approximate surface area is 164 Å². The first-order chi connectivity index (χ1) is 12.7. The van der Waals surface area contributed by atoms with Gasteiger partial charge in [-0.05, 0) is 45.6 Å². The van der Waals surface area contributed by atoms with E-state index in [4.69, 9.17) is 4.74 Å². The second kappa shape index (κ2) is 8.09. The molecule has 27 heavy (non-hydrogen) atoms. The molecule has 2 unspecified atom stereocenters. The number of carbonyl (C=O) groups excluding carboxylic acids is 1. The monoisotopic (exact) mass is 440 g/mol. The number of hydrogen-bond acceptors (Lipinski definition) is 5. The summed E-state index contributed by atoms with van der Waals surface area (Å²) in [6.07, 6.45) is 2.27. The van der Waals surface area contributed by atoms with Gasteiger partial charge in [0.25, 0.3) is 0 Å².